The zero-order chi connectivity index (χ0) is 13.1. The number of carbonyl (C=O) groups is 1. The van der Waals surface area contributed by atoms with Gasteiger partial charge in [0.1, 0.15) is 0 Å². The van der Waals surface area contributed by atoms with Gasteiger partial charge in [0, 0.05) is 46.8 Å². The predicted octanol–water partition coefficient (Wildman–Crippen LogP) is 2.23. The molecule has 2 N–H and O–H groups in total. The van der Waals surface area contributed by atoms with Crippen LogP contribution in [0.5, 0.6) is 0 Å². The van der Waals surface area contributed by atoms with Crippen molar-refractivity contribution in [1.82, 2.24) is 5.32 Å². The minimum absolute atomic E-state index is 0.0488. The standard InChI is InChI=1S/C14H18N2OS2/c17-14(16-8-12-9-18-5-6-19-12)11-2-1-10-3-4-15-13(10)7-11/h1-2,7,12,15H,3-6,8-9H2,(H,16,17). The Morgan fingerprint density at radius 2 is 2.37 bits per heavy atom. The Labute approximate surface area is 122 Å². The molecule has 1 fully saturated rings. The van der Waals surface area contributed by atoms with Crippen molar-refractivity contribution in [2.75, 3.05) is 35.7 Å². The lowest BCUT2D eigenvalue weighted by Gasteiger charge is -2.21. The van der Waals surface area contributed by atoms with Crippen LogP contribution in [0.2, 0.25) is 0 Å². The van der Waals surface area contributed by atoms with Gasteiger partial charge in [0.25, 0.3) is 5.91 Å². The van der Waals surface area contributed by atoms with Crippen LogP contribution < -0.4 is 10.6 Å². The molecule has 1 unspecified atom stereocenters. The number of anilines is 1. The molecule has 102 valence electrons. The number of thioether (sulfide) groups is 2. The fourth-order valence-electron chi connectivity index (χ4n) is 2.40. The van der Waals surface area contributed by atoms with Crippen molar-refractivity contribution in [2.45, 2.75) is 11.7 Å². The zero-order valence-electron chi connectivity index (χ0n) is 10.8. The average Bonchev–Trinajstić information content (AvgIpc) is 2.93. The highest BCUT2D eigenvalue weighted by Crippen LogP contribution is 2.24. The molecule has 2 aliphatic heterocycles. The van der Waals surface area contributed by atoms with Gasteiger partial charge in [-0.15, -0.1) is 0 Å². The second-order valence-electron chi connectivity index (χ2n) is 4.83. The van der Waals surface area contributed by atoms with Crippen molar-refractivity contribution in [3.8, 4) is 0 Å². The fourth-order valence-corrected chi connectivity index (χ4v) is 5.01. The molecular formula is C14H18N2OS2. The summed E-state index contributed by atoms with van der Waals surface area (Å²) in [4.78, 5) is 12.1. The van der Waals surface area contributed by atoms with Crippen LogP contribution >= 0.6 is 23.5 Å². The third-order valence-corrected chi connectivity index (χ3v) is 6.30. The van der Waals surface area contributed by atoms with Crippen LogP contribution in [0, 0.1) is 0 Å². The number of amides is 1. The first-order chi connectivity index (χ1) is 9.33. The number of fused-ring (bicyclic) bond motifs is 1. The van der Waals surface area contributed by atoms with E-state index in [-0.39, 0.29) is 5.91 Å². The second kappa shape index (κ2) is 6.09. The van der Waals surface area contributed by atoms with Gasteiger partial charge in [-0.05, 0) is 24.1 Å². The molecular weight excluding hydrogens is 276 g/mol. The molecule has 0 saturated carbocycles. The quantitative estimate of drug-likeness (QED) is 0.897. The van der Waals surface area contributed by atoms with Crippen LogP contribution in [0.1, 0.15) is 15.9 Å². The highest BCUT2D eigenvalue weighted by atomic mass is 32.2. The van der Waals surface area contributed by atoms with Crippen LogP contribution in [0.15, 0.2) is 18.2 Å². The van der Waals surface area contributed by atoms with Crippen molar-refractivity contribution in [3.05, 3.63) is 29.3 Å². The minimum Gasteiger partial charge on any atom is -0.384 e. The molecule has 0 bridgehead atoms. The first-order valence-electron chi connectivity index (χ1n) is 6.67. The summed E-state index contributed by atoms with van der Waals surface area (Å²) in [7, 11) is 0. The molecule has 1 amide bonds. The Balaban J connectivity index is 1.57. The molecule has 3 rings (SSSR count). The summed E-state index contributed by atoms with van der Waals surface area (Å²) in [6.45, 7) is 1.76. The van der Waals surface area contributed by atoms with Crippen molar-refractivity contribution in [2.24, 2.45) is 0 Å². The Morgan fingerprint density at radius 3 is 3.21 bits per heavy atom. The van der Waals surface area contributed by atoms with Gasteiger partial charge in [0.2, 0.25) is 0 Å². The van der Waals surface area contributed by atoms with Gasteiger partial charge in [-0.2, -0.15) is 23.5 Å². The van der Waals surface area contributed by atoms with E-state index in [0.29, 0.717) is 5.25 Å². The summed E-state index contributed by atoms with van der Waals surface area (Å²) in [5.41, 5.74) is 3.20. The topological polar surface area (TPSA) is 41.1 Å². The molecule has 1 atom stereocenters. The molecule has 1 aromatic carbocycles. The lowest BCUT2D eigenvalue weighted by atomic mass is 10.1. The number of rotatable bonds is 3. The summed E-state index contributed by atoms with van der Waals surface area (Å²) in [5.74, 6) is 3.64. The normalized spacial score (nSPS) is 21.6. The first-order valence-corrected chi connectivity index (χ1v) is 8.87. The number of carbonyl (C=O) groups excluding carboxylic acids is 1. The molecule has 0 spiro atoms. The largest absolute Gasteiger partial charge is 0.384 e. The van der Waals surface area contributed by atoms with Crippen molar-refractivity contribution < 1.29 is 4.79 Å². The van der Waals surface area contributed by atoms with Crippen LogP contribution in [-0.4, -0.2) is 41.5 Å². The zero-order valence-corrected chi connectivity index (χ0v) is 12.4. The maximum Gasteiger partial charge on any atom is 0.251 e. The maximum atomic E-state index is 12.1. The van der Waals surface area contributed by atoms with Gasteiger partial charge in [-0.1, -0.05) is 6.07 Å². The van der Waals surface area contributed by atoms with Gasteiger partial charge in [-0.3, -0.25) is 4.79 Å². The molecule has 3 nitrogen and oxygen atoms in total. The Bertz CT molecular complexity index is 473. The van der Waals surface area contributed by atoms with E-state index >= 15 is 0 Å². The predicted molar refractivity (Wildman–Crippen MR) is 84.5 cm³/mol. The molecule has 0 radical (unpaired) electrons. The van der Waals surface area contributed by atoms with E-state index in [9.17, 15) is 4.79 Å². The van der Waals surface area contributed by atoms with Crippen LogP contribution in [0.4, 0.5) is 5.69 Å². The minimum atomic E-state index is 0.0488. The Morgan fingerprint density at radius 1 is 1.42 bits per heavy atom. The van der Waals surface area contributed by atoms with Gasteiger partial charge < -0.3 is 10.6 Å². The van der Waals surface area contributed by atoms with Gasteiger partial charge >= 0.3 is 0 Å². The SMILES string of the molecule is O=C(NCC1CSCCS1)c1ccc2c(c1)NCC2. The van der Waals surface area contributed by atoms with E-state index in [1.54, 1.807) is 0 Å². The van der Waals surface area contributed by atoms with Crippen LogP contribution in [0.25, 0.3) is 0 Å². The molecule has 5 heteroatoms. The van der Waals surface area contributed by atoms with E-state index in [1.807, 2.05) is 35.7 Å². The summed E-state index contributed by atoms with van der Waals surface area (Å²) in [6.07, 6.45) is 1.06. The number of hydrogen-bond donors (Lipinski definition) is 2. The Hall–Kier alpha value is -0.810. The molecule has 1 saturated heterocycles. The third kappa shape index (κ3) is 3.20. The molecule has 0 aliphatic carbocycles. The van der Waals surface area contributed by atoms with E-state index in [0.717, 1.165) is 36.5 Å². The molecule has 2 aliphatic rings. The molecule has 19 heavy (non-hydrogen) atoms. The maximum absolute atomic E-state index is 12.1. The smallest absolute Gasteiger partial charge is 0.251 e. The second-order valence-corrected chi connectivity index (χ2v) is 7.38. The Kier molecular flexibility index (Phi) is 4.23. The van der Waals surface area contributed by atoms with Crippen LogP contribution in [-0.2, 0) is 6.42 Å². The lowest BCUT2D eigenvalue weighted by Crippen LogP contribution is -2.33. The molecule has 0 aromatic heterocycles. The van der Waals surface area contributed by atoms with E-state index in [2.05, 4.69) is 16.7 Å². The van der Waals surface area contributed by atoms with Crippen molar-refractivity contribution >= 4 is 35.1 Å². The van der Waals surface area contributed by atoms with Crippen molar-refractivity contribution in [3.63, 3.8) is 0 Å². The van der Waals surface area contributed by atoms with E-state index in [4.69, 9.17) is 0 Å². The van der Waals surface area contributed by atoms with Gasteiger partial charge in [0.05, 0.1) is 0 Å². The third-order valence-electron chi connectivity index (χ3n) is 3.46. The van der Waals surface area contributed by atoms with Crippen LogP contribution in [0.3, 0.4) is 0 Å². The van der Waals surface area contributed by atoms with Crippen molar-refractivity contribution in [1.29, 1.82) is 0 Å². The summed E-state index contributed by atoms with van der Waals surface area (Å²) in [5, 5.41) is 6.94. The average molecular weight is 294 g/mol. The highest BCUT2D eigenvalue weighted by Gasteiger charge is 2.17. The highest BCUT2D eigenvalue weighted by molar-refractivity contribution is 8.06. The van der Waals surface area contributed by atoms with E-state index in [1.165, 1.54) is 17.1 Å². The van der Waals surface area contributed by atoms with E-state index < -0.39 is 0 Å². The fraction of sp³-hybridized carbons (Fsp3) is 0.500. The monoisotopic (exact) mass is 294 g/mol. The van der Waals surface area contributed by atoms with Gasteiger partial charge in [-0.25, -0.2) is 0 Å². The first kappa shape index (κ1) is 13.2. The number of nitrogens with one attached hydrogen (secondary N) is 2. The lowest BCUT2D eigenvalue weighted by molar-refractivity contribution is 0.0954. The number of hydrogen-bond acceptors (Lipinski definition) is 4. The molecule has 2 heterocycles. The summed E-state index contributed by atoms with van der Waals surface area (Å²) >= 11 is 3.96. The van der Waals surface area contributed by atoms with Gasteiger partial charge in [0.15, 0.2) is 0 Å². The summed E-state index contributed by atoms with van der Waals surface area (Å²) in [6, 6.07) is 5.97. The summed E-state index contributed by atoms with van der Waals surface area (Å²) < 4.78 is 0. The molecule has 1 aromatic rings. The number of benzene rings is 1.